The maximum absolute atomic E-state index is 12.5. The highest BCUT2D eigenvalue weighted by molar-refractivity contribution is 6.00. The summed E-state index contributed by atoms with van der Waals surface area (Å²) in [5, 5.41) is 26.9. The van der Waals surface area contributed by atoms with Crippen LogP contribution in [-0.2, 0) is 19.0 Å². The van der Waals surface area contributed by atoms with Gasteiger partial charge in [-0.3, -0.25) is 4.79 Å². The van der Waals surface area contributed by atoms with Crippen LogP contribution in [0.1, 0.15) is 72.5 Å². The number of epoxide rings is 1. The smallest absolute Gasteiger partial charge is 0.302 e. The van der Waals surface area contributed by atoms with E-state index in [1.54, 1.807) is 12.5 Å². The third-order valence-electron chi connectivity index (χ3n) is 11.1. The summed E-state index contributed by atoms with van der Waals surface area (Å²) in [5.41, 5.74) is -1.16. The fourth-order valence-electron chi connectivity index (χ4n) is 9.46. The molecule has 200 valence electrons. The molecule has 0 aromatic carbocycles. The van der Waals surface area contributed by atoms with Crippen molar-refractivity contribution < 1.29 is 33.8 Å². The van der Waals surface area contributed by atoms with Crippen LogP contribution >= 0.6 is 0 Å². The molecule has 9 nitrogen and oxygen atoms in total. The van der Waals surface area contributed by atoms with Gasteiger partial charge in [0.1, 0.15) is 17.8 Å². The average molecular weight is 513 g/mol. The zero-order chi connectivity index (χ0) is 26.6. The summed E-state index contributed by atoms with van der Waals surface area (Å²) in [6, 6.07) is 1.87. The van der Waals surface area contributed by atoms with E-state index in [4.69, 9.17) is 18.6 Å². The van der Waals surface area contributed by atoms with Crippen LogP contribution in [0.15, 0.2) is 45.5 Å². The topological polar surface area (TPSA) is 126 Å². The summed E-state index contributed by atoms with van der Waals surface area (Å²) in [6.07, 6.45) is 8.17. The van der Waals surface area contributed by atoms with E-state index >= 15 is 0 Å². The van der Waals surface area contributed by atoms with Crippen LogP contribution in [0, 0.1) is 33.5 Å². The molecule has 6 rings (SSSR count). The predicted molar refractivity (Wildman–Crippen MR) is 132 cm³/mol. The number of fused-ring (bicyclic) bond motifs is 3. The van der Waals surface area contributed by atoms with Gasteiger partial charge >= 0.3 is 5.97 Å². The Hall–Kier alpha value is -2.81. The van der Waals surface area contributed by atoms with Gasteiger partial charge in [0.15, 0.2) is 6.10 Å². The van der Waals surface area contributed by atoms with E-state index in [1.807, 2.05) is 12.1 Å². The Labute approximate surface area is 216 Å². The molecule has 1 aromatic heterocycles. The number of allylic oxidation sites excluding steroid dienone is 2. The molecule has 0 bridgehead atoms. The molecule has 3 heterocycles. The van der Waals surface area contributed by atoms with Crippen LogP contribution in [0.4, 0.5) is 0 Å². The van der Waals surface area contributed by atoms with Gasteiger partial charge in [-0.25, -0.2) is 0 Å². The highest BCUT2D eigenvalue weighted by Gasteiger charge is 2.88. The first-order valence-corrected chi connectivity index (χ1v) is 13.1. The van der Waals surface area contributed by atoms with Crippen molar-refractivity contribution in [2.75, 3.05) is 0 Å². The largest absolute Gasteiger partial charge is 0.472 e. The standard InChI is InChI=1S/C28H36N2O7/c1-15(31)35-20-13-18-24(2,3)19(29-32)8-10-25(18,4)17-7-11-26(5)21(16-9-12-34-14-16)36-23(30-33)22-28(26,37-22)27(17,20)6/h8-10,12,14,17-18,20-22,32-33H,7,11,13H2,1-6H3/b29-19+,30-23-/t17-,18+,20-,21-,22-,25-,26+,27+,28-/m1/s1. The molecule has 2 aliphatic heterocycles. The van der Waals surface area contributed by atoms with Gasteiger partial charge < -0.3 is 29.0 Å². The number of esters is 1. The van der Waals surface area contributed by atoms with Gasteiger partial charge in [-0.1, -0.05) is 51.0 Å². The molecule has 2 N–H and O–H groups in total. The first-order valence-electron chi connectivity index (χ1n) is 13.1. The molecule has 0 radical (unpaired) electrons. The third-order valence-corrected chi connectivity index (χ3v) is 11.1. The molecule has 37 heavy (non-hydrogen) atoms. The quantitative estimate of drug-likeness (QED) is 0.245. The van der Waals surface area contributed by atoms with E-state index in [2.05, 4.69) is 51.0 Å². The van der Waals surface area contributed by atoms with Crippen molar-refractivity contribution in [3.8, 4) is 0 Å². The van der Waals surface area contributed by atoms with Gasteiger partial charge in [-0.05, 0) is 48.7 Å². The van der Waals surface area contributed by atoms with Crippen molar-refractivity contribution in [1.82, 2.24) is 0 Å². The molecule has 0 unspecified atom stereocenters. The van der Waals surface area contributed by atoms with Crippen molar-refractivity contribution in [2.24, 2.45) is 43.8 Å². The third kappa shape index (κ3) is 2.71. The first-order chi connectivity index (χ1) is 17.4. The van der Waals surface area contributed by atoms with Gasteiger partial charge in [0.05, 0.1) is 18.2 Å². The minimum atomic E-state index is -0.790. The van der Waals surface area contributed by atoms with Crippen LogP contribution < -0.4 is 0 Å². The maximum Gasteiger partial charge on any atom is 0.302 e. The van der Waals surface area contributed by atoms with Gasteiger partial charge in [0.25, 0.3) is 5.90 Å². The number of hydrogen-bond acceptors (Lipinski definition) is 9. The molecule has 1 aromatic rings. The Morgan fingerprint density at radius 3 is 2.49 bits per heavy atom. The Morgan fingerprint density at radius 2 is 1.86 bits per heavy atom. The molecule has 0 amide bonds. The number of rotatable bonds is 2. The van der Waals surface area contributed by atoms with Crippen LogP contribution in [-0.4, -0.2) is 45.8 Å². The number of furan rings is 1. The van der Waals surface area contributed by atoms with Gasteiger partial charge in [0, 0.05) is 28.7 Å². The van der Waals surface area contributed by atoms with Crippen molar-refractivity contribution in [1.29, 1.82) is 0 Å². The van der Waals surface area contributed by atoms with E-state index in [1.165, 1.54) is 6.92 Å². The van der Waals surface area contributed by atoms with Crippen LogP contribution in [0.25, 0.3) is 0 Å². The lowest BCUT2D eigenvalue weighted by Crippen LogP contribution is -2.72. The lowest BCUT2D eigenvalue weighted by Gasteiger charge is -2.68. The number of carbonyl (C=O) groups excluding carboxylic acids is 1. The van der Waals surface area contributed by atoms with Crippen molar-refractivity contribution in [3.63, 3.8) is 0 Å². The predicted octanol–water partition coefficient (Wildman–Crippen LogP) is 5.08. The molecule has 4 fully saturated rings. The summed E-state index contributed by atoms with van der Waals surface area (Å²) >= 11 is 0. The van der Waals surface area contributed by atoms with Gasteiger partial charge in [0.2, 0.25) is 0 Å². The van der Waals surface area contributed by atoms with Crippen LogP contribution in [0.3, 0.4) is 0 Å². The minimum Gasteiger partial charge on any atom is -0.472 e. The second-order valence-electron chi connectivity index (χ2n) is 12.8. The van der Waals surface area contributed by atoms with E-state index < -0.39 is 40.2 Å². The summed E-state index contributed by atoms with van der Waals surface area (Å²) < 4.78 is 24.6. The highest BCUT2D eigenvalue weighted by atomic mass is 16.7. The Kier molecular flexibility index (Phi) is 4.90. The SMILES string of the molecule is CC(=O)O[C@@H]1C[C@H]2C(C)(C)/C(=N/O)C=C[C@]2(C)[C@H]2CC[C@@]3(C)[C@@H](c4ccoc4)O/C(=N\O)[C@H]4O[C@]43[C@@]21C. The molecule has 2 saturated carbocycles. The van der Waals surface area contributed by atoms with E-state index in [0.717, 1.165) is 18.4 Å². The number of oxime groups is 2. The molecule has 9 heteroatoms. The van der Waals surface area contributed by atoms with Crippen molar-refractivity contribution in [3.05, 3.63) is 36.3 Å². The second-order valence-corrected chi connectivity index (χ2v) is 12.8. The number of carbonyl (C=O) groups is 1. The molecule has 9 atom stereocenters. The number of ether oxygens (including phenoxy) is 3. The number of hydrogen-bond donors (Lipinski definition) is 2. The molecule has 5 aliphatic rings. The fraction of sp³-hybridized carbons (Fsp3) is 0.679. The molecule has 1 spiro atoms. The summed E-state index contributed by atoms with van der Waals surface area (Å²) in [5.74, 6) is -0.0653. The summed E-state index contributed by atoms with van der Waals surface area (Å²) in [7, 11) is 0. The van der Waals surface area contributed by atoms with Gasteiger partial charge in [-0.2, -0.15) is 0 Å². The van der Waals surface area contributed by atoms with Crippen molar-refractivity contribution in [2.45, 2.75) is 84.7 Å². The summed E-state index contributed by atoms with van der Waals surface area (Å²) in [4.78, 5) is 12.5. The summed E-state index contributed by atoms with van der Waals surface area (Å²) in [6.45, 7) is 12.3. The minimum absolute atomic E-state index is 0.0618. The Balaban J connectivity index is 1.56. The second kappa shape index (κ2) is 7.40. The van der Waals surface area contributed by atoms with E-state index in [9.17, 15) is 15.2 Å². The highest BCUT2D eigenvalue weighted by Crippen LogP contribution is 2.80. The number of nitrogens with zero attached hydrogens (tertiary/aromatic N) is 2. The molecule has 3 aliphatic carbocycles. The van der Waals surface area contributed by atoms with Crippen LogP contribution in [0.5, 0.6) is 0 Å². The zero-order valence-corrected chi connectivity index (χ0v) is 22.2. The zero-order valence-electron chi connectivity index (χ0n) is 22.2. The monoisotopic (exact) mass is 512 g/mol. The lowest BCUT2D eigenvalue weighted by molar-refractivity contribution is -0.243. The normalized spacial score (nSPS) is 49.3. The van der Waals surface area contributed by atoms with Crippen molar-refractivity contribution >= 4 is 17.6 Å². The molecule has 2 saturated heterocycles. The maximum atomic E-state index is 12.5. The Morgan fingerprint density at radius 1 is 1.11 bits per heavy atom. The van der Waals surface area contributed by atoms with Crippen LogP contribution in [0.2, 0.25) is 0 Å². The lowest BCUT2D eigenvalue weighted by atomic mass is 9.35. The molecular weight excluding hydrogens is 476 g/mol. The van der Waals surface area contributed by atoms with Gasteiger partial charge in [-0.15, -0.1) is 0 Å². The Bertz CT molecular complexity index is 1220. The van der Waals surface area contributed by atoms with E-state index in [0.29, 0.717) is 12.1 Å². The first kappa shape index (κ1) is 24.5. The fourth-order valence-corrected chi connectivity index (χ4v) is 9.46. The van der Waals surface area contributed by atoms with E-state index in [-0.39, 0.29) is 29.1 Å². The molecular formula is C28H36N2O7. The average Bonchev–Trinajstić information content (AvgIpc) is 3.39.